The minimum absolute atomic E-state index is 0.560. The number of rotatable bonds is 4. The molecular formula is C15H24IN3. The maximum Gasteiger partial charge on any atom is 0.143 e. The molecule has 3 nitrogen and oxygen atoms in total. The van der Waals surface area contributed by atoms with Crippen LogP contribution in [0.3, 0.4) is 0 Å². The number of hydrogen-bond donors (Lipinski definition) is 1. The molecule has 0 saturated heterocycles. The molecule has 1 N–H and O–H groups in total. The first-order valence-corrected chi connectivity index (χ1v) is 8.33. The average Bonchev–Trinajstić information content (AvgIpc) is 2.78. The normalized spacial score (nSPS) is 23.1. The van der Waals surface area contributed by atoms with Gasteiger partial charge in [-0.05, 0) is 60.1 Å². The molecule has 0 bridgehead atoms. The minimum atomic E-state index is 0.560. The lowest BCUT2D eigenvalue weighted by Gasteiger charge is -2.15. The molecule has 19 heavy (non-hydrogen) atoms. The van der Waals surface area contributed by atoms with E-state index in [1.807, 2.05) is 7.05 Å². The Kier molecular flexibility index (Phi) is 5.03. The molecule has 1 aliphatic rings. The second kappa shape index (κ2) is 6.37. The highest BCUT2D eigenvalue weighted by Gasteiger charge is 2.26. The van der Waals surface area contributed by atoms with Crippen molar-refractivity contribution in [3.63, 3.8) is 0 Å². The van der Waals surface area contributed by atoms with Gasteiger partial charge < -0.3 is 5.32 Å². The molecule has 0 aliphatic heterocycles. The van der Waals surface area contributed by atoms with Crippen LogP contribution >= 0.6 is 22.6 Å². The standard InChI is InChI=1S/C15H24IN3/c1-9(2)7-12-13(16)15(17-4)19-14(18-12)11-6-5-10(3)8-11/h9-11H,5-8H2,1-4H3,(H,17,18,19). The zero-order valence-electron chi connectivity index (χ0n) is 12.3. The molecule has 0 spiro atoms. The first kappa shape index (κ1) is 15.0. The van der Waals surface area contributed by atoms with E-state index in [9.17, 15) is 0 Å². The van der Waals surface area contributed by atoms with Crippen molar-refractivity contribution in [3.05, 3.63) is 15.1 Å². The number of hydrogen-bond acceptors (Lipinski definition) is 3. The van der Waals surface area contributed by atoms with E-state index in [1.165, 1.54) is 28.5 Å². The fourth-order valence-electron chi connectivity index (χ4n) is 2.82. The predicted octanol–water partition coefficient (Wildman–Crippen LogP) is 4.23. The highest BCUT2D eigenvalue weighted by Crippen LogP contribution is 2.37. The Morgan fingerprint density at radius 2 is 2.05 bits per heavy atom. The molecule has 0 amide bonds. The molecule has 1 aromatic heterocycles. The first-order valence-electron chi connectivity index (χ1n) is 7.25. The van der Waals surface area contributed by atoms with E-state index in [0.29, 0.717) is 11.8 Å². The molecule has 2 atom stereocenters. The summed E-state index contributed by atoms with van der Waals surface area (Å²) in [7, 11) is 1.95. The van der Waals surface area contributed by atoms with Crippen LogP contribution in [-0.4, -0.2) is 17.0 Å². The number of nitrogens with zero attached hydrogens (tertiary/aromatic N) is 2. The Hall–Kier alpha value is -0.390. The fraction of sp³-hybridized carbons (Fsp3) is 0.733. The van der Waals surface area contributed by atoms with E-state index in [0.717, 1.165) is 24.0 Å². The largest absolute Gasteiger partial charge is 0.372 e. The van der Waals surface area contributed by atoms with Crippen LogP contribution in [0, 0.1) is 15.4 Å². The van der Waals surface area contributed by atoms with Gasteiger partial charge in [0, 0.05) is 13.0 Å². The Morgan fingerprint density at radius 1 is 1.32 bits per heavy atom. The van der Waals surface area contributed by atoms with Crippen molar-refractivity contribution in [2.75, 3.05) is 12.4 Å². The minimum Gasteiger partial charge on any atom is -0.372 e. The zero-order valence-corrected chi connectivity index (χ0v) is 14.5. The third-order valence-corrected chi connectivity index (χ3v) is 4.97. The summed E-state index contributed by atoms with van der Waals surface area (Å²) in [5, 5.41) is 3.23. The SMILES string of the molecule is CNc1nc(C2CCC(C)C2)nc(CC(C)C)c1I. The molecular weight excluding hydrogens is 349 g/mol. The summed E-state index contributed by atoms with van der Waals surface area (Å²) in [4.78, 5) is 9.62. The van der Waals surface area contributed by atoms with Gasteiger partial charge in [0.15, 0.2) is 0 Å². The van der Waals surface area contributed by atoms with Gasteiger partial charge in [-0.15, -0.1) is 0 Å². The summed E-state index contributed by atoms with van der Waals surface area (Å²) < 4.78 is 1.18. The summed E-state index contributed by atoms with van der Waals surface area (Å²) in [6, 6.07) is 0. The van der Waals surface area contributed by atoms with Gasteiger partial charge >= 0.3 is 0 Å². The molecule has 0 radical (unpaired) electrons. The van der Waals surface area contributed by atoms with Gasteiger partial charge in [-0.2, -0.15) is 0 Å². The van der Waals surface area contributed by atoms with Crippen LogP contribution in [-0.2, 0) is 6.42 Å². The lowest BCUT2D eigenvalue weighted by molar-refractivity contribution is 0.578. The summed E-state index contributed by atoms with van der Waals surface area (Å²) in [6.07, 6.45) is 4.83. The quantitative estimate of drug-likeness (QED) is 0.803. The average molecular weight is 373 g/mol. The van der Waals surface area contributed by atoms with E-state index in [2.05, 4.69) is 48.7 Å². The summed E-state index contributed by atoms with van der Waals surface area (Å²) >= 11 is 2.37. The van der Waals surface area contributed by atoms with Gasteiger partial charge in [0.25, 0.3) is 0 Å². The van der Waals surface area contributed by atoms with Crippen LogP contribution in [0.4, 0.5) is 5.82 Å². The van der Waals surface area contributed by atoms with Crippen LogP contribution in [0.1, 0.15) is 57.5 Å². The Bertz CT molecular complexity index is 445. The van der Waals surface area contributed by atoms with Gasteiger partial charge in [0.1, 0.15) is 11.6 Å². The second-order valence-corrected chi connectivity index (χ2v) is 7.23. The Balaban J connectivity index is 2.33. The highest BCUT2D eigenvalue weighted by molar-refractivity contribution is 14.1. The van der Waals surface area contributed by atoms with Crippen molar-refractivity contribution in [2.24, 2.45) is 11.8 Å². The van der Waals surface area contributed by atoms with E-state index in [4.69, 9.17) is 9.97 Å². The van der Waals surface area contributed by atoms with Crippen LogP contribution in [0.15, 0.2) is 0 Å². The summed E-state index contributed by atoms with van der Waals surface area (Å²) in [5.41, 5.74) is 1.21. The molecule has 1 fully saturated rings. The van der Waals surface area contributed by atoms with E-state index >= 15 is 0 Å². The fourth-order valence-corrected chi connectivity index (χ4v) is 3.56. The van der Waals surface area contributed by atoms with Gasteiger partial charge in [-0.1, -0.05) is 20.8 Å². The number of aromatic nitrogens is 2. The molecule has 106 valence electrons. The third kappa shape index (κ3) is 3.58. The van der Waals surface area contributed by atoms with E-state index < -0.39 is 0 Å². The molecule has 2 rings (SSSR count). The number of anilines is 1. The van der Waals surface area contributed by atoms with E-state index in [-0.39, 0.29) is 0 Å². The van der Waals surface area contributed by atoms with Crippen LogP contribution in [0.25, 0.3) is 0 Å². The molecule has 1 heterocycles. The molecule has 1 saturated carbocycles. The molecule has 2 unspecified atom stereocenters. The molecule has 4 heteroatoms. The van der Waals surface area contributed by atoms with Crippen molar-refractivity contribution >= 4 is 28.4 Å². The molecule has 1 aromatic rings. The van der Waals surface area contributed by atoms with Crippen molar-refractivity contribution in [1.29, 1.82) is 0 Å². The zero-order chi connectivity index (χ0) is 14.0. The van der Waals surface area contributed by atoms with Gasteiger partial charge in [0.2, 0.25) is 0 Å². The summed E-state index contributed by atoms with van der Waals surface area (Å²) in [6.45, 7) is 6.82. The van der Waals surface area contributed by atoms with Crippen molar-refractivity contribution in [2.45, 2.75) is 52.4 Å². The Morgan fingerprint density at radius 3 is 2.58 bits per heavy atom. The van der Waals surface area contributed by atoms with Crippen LogP contribution in [0.5, 0.6) is 0 Å². The van der Waals surface area contributed by atoms with Crippen molar-refractivity contribution < 1.29 is 0 Å². The van der Waals surface area contributed by atoms with Crippen molar-refractivity contribution in [3.8, 4) is 0 Å². The third-order valence-electron chi connectivity index (χ3n) is 3.84. The van der Waals surface area contributed by atoms with Crippen LogP contribution < -0.4 is 5.32 Å². The predicted molar refractivity (Wildman–Crippen MR) is 88.6 cm³/mol. The number of nitrogens with one attached hydrogen (secondary N) is 1. The Labute approximate surface area is 130 Å². The van der Waals surface area contributed by atoms with Gasteiger partial charge in [-0.3, -0.25) is 0 Å². The maximum atomic E-state index is 4.88. The number of halogens is 1. The smallest absolute Gasteiger partial charge is 0.143 e. The molecule has 1 aliphatic carbocycles. The monoisotopic (exact) mass is 373 g/mol. The van der Waals surface area contributed by atoms with Crippen LogP contribution in [0.2, 0.25) is 0 Å². The second-order valence-electron chi connectivity index (χ2n) is 6.15. The topological polar surface area (TPSA) is 37.8 Å². The molecule has 0 aromatic carbocycles. The maximum absolute atomic E-state index is 4.88. The van der Waals surface area contributed by atoms with Crippen molar-refractivity contribution in [1.82, 2.24) is 9.97 Å². The highest BCUT2D eigenvalue weighted by atomic mass is 127. The lowest BCUT2D eigenvalue weighted by atomic mass is 10.0. The van der Waals surface area contributed by atoms with Gasteiger partial charge in [-0.25, -0.2) is 9.97 Å². The van der Waals surface area contributed by atoms with Gasteiger partial charge in [0.05, 0.1) is 9.26 Å². The van der Waals surface area contributed by atoms with E-state index in [1.54, 1.807) is 0 Å². The summed E-state index contributed by atoms with van der Waals surface area (Å²) in [5.74, 6) is 4.07. The lowest BCUT2D eigenvalue weighted by Crippen LogP contribution is -2.11. The first-order chi connectivity index (χ1) is 9.01.